The van der Waals surface area contributed by atoms with Crippen molar-refractivity contribution >= 4 is 12.2 Å². The Morgan fingerprint density at radius 3 is 2.75 bits per heavy atom. The first kappa shape index (κ1) is 15.8. The van der Waals surface area contributed by atoms with Crippen molar-refractivity contribution in [1.82, 2.24) is 9.66 Å². The molecule has 0 saturated carbocycles. The highest BCUT2D eigenvalue weighted by atomic mass is 16.5. The fourth-order valence-electron chi connectivity index (χ4n) is 2.34. The smallest absolute Gasteiger partial charge is 0.221 e. The van der Waals surface area contributed by atoms with Crippen LogP contribution in [0.4, 0.5) is 5.95 Å². The molecule has 0 bridgehead atoms. The van der Waals surface area contributed by atoms with Crippen LogP contribution in [0.1, 0.15) is 22.4 Å². The second-order valence-corrected chi connectivity index (χ2v) is 5.62. The van der Waals surface area contributed by atoms with E-state index in [-0.39, 0.29) is 0 Å². The molecule has 2 N–H and O–H groups in total. The van der Waals surface area contributed by atoms with E-state index in [4.69, 9.17) is 10.5 Å². The van der Waals surface area contributed by atoms with Crippen molar-refractivity contribution in [3.63, 3.8) is 0 Å². The van der Waals surface area contributed by atoms with Gasteiger partial charge in [-0.25, -0.2) is 9.66 Å². The summed E-state index contributed by atoms with van der Waals surface area (Å²) >= 11 is 0. The van der Waals surface area contributed by atoms with Gasteiger partial charge in [0.25, 0.3) is 0 Å². The lowest BCUT2D eigenvalue weighted by atomic mass is 10.1. The molecular formula is C19H20N4O. The Morgan fingerprint density at radius 2 is 2.00 bits per heavy atom. The monoisotopic (exact) mass is 320 g/mol. The molecule has 2 aromatic carbocycles. The fourth-order valence-corrected chi connectivity index (χ4v) is 2.34. The van der Waals surface area contributed by atoms with Gasteiger partial charge in [0.15, 0.2) is 0 Å². The first-order valence-electron chi connectivity index (χ1n) is 7.75. The van der Waals surface area contributed by atoms with Crippen LogP contribution in [0.2, 0.25) is 0 Å². The van der Waals surface area contributed by atoms with Crippen molar-refractivity contribution in [2.24, 2.45) is 5.10 Å². The molecule has 0 fully saturated rings. The van der Waals surface area contributed by atoms with E-state index in [2.05, 4.69) is 29.1 Å². The largest absolute Gasteiger partial charge is 0.489 e. The maximum Gasteiger partial charge on any atom is 0.221 e. The van der Waals surface area contributed by atoms with Gasteiger partial charge in [-0.2, -0.15) is 5.10 Å². The summed E-state index contributed by atoms with van der Waals surface area (Å²) in [6.45, 7) is 4.50. The predicted octanol–water partition coefficient (Wildman–Crippen LogP) is 3.54. The van der Waals surface area contributed by atoms with Crippen LogP contribution in [0.15, 0.2) is 59.8 Å². The van der Waals surface area contributed by atoms with E-state index in [1.165, 1.54) is 11.1 Å². The summed E-state index contributed by atoms with van der Waals surface area (Å²) in [6.07, 6.45) is 3.52. The number of aryl methyl sites for hydroxylation is 2. The summed E-state index contributed by atoms with van der Waals surface area (Å²) in [5.74, 6) is 1.17. The predicted molar refractivity (Wildman–Crippen MR) is 96.3 cm³/mol. The van der Waals surface area contributed by atoms with Gasteiger partial charge in [0, 0.05) is 0 Å². The van der Waals surface area contributed by atoms with Crippen LogP contribution >= 0.6 is 0 Å². The zero-order valence-electron chi connectivity index (χ0n) is 13.8. The second kappa shape index (κ2) is 7.00. The first-order valence-corrected chi connectivity index (χ1v) is 7.75. The Hall–Kier alpha value is -3.08. The topological polar surface area (TPSA) is 65.4 Å². The van der Waals surface area contributed by atoms with Crippen molar-refractivity contribution in [3.8, 4) is 5.75 Å². The molecule has 122 valence electrons. The highest BCUT2D eigenvalue weighted by molar-refractivity contribution is 5.80. The van der Waals surface area contributed by atoms with Gasteiger partial charge in [-0.15, -0.1) is 0 Å². The Bertz CT molecular complexity index is 867. The van der Waals surface area contributed by atoms with Crippen molar-refractivity contribution in [3.05, 3.63) is 77.1 Å². The zero-order chi connectivity index (χ0) is 16.9. The van der Waals surface area contributed by atoms with Crippen LogP contribution in [0.25, 0.3) is 0 Å². The van der Waals surface area contributed by atoms with E-state index in [0.717, 1.165) is 17.0 Å². The highest BCUT2D eigenvalue weighted by Gasteiger charge is 2.01. The van der Waals surface area contributed by atoms with Gasteiger partial charge in [-0.1, -0.05) is 36.4 Å². The molecular weight excluding hydrogens is 300 g/mol. The summed E-state index contributed by atoms with van der Waals surface area (Å²) in [5, 5.41) is 4.32. The molecule has 1 heterocycles. The lowest BCUT2D eigenvalue weighted by molar-refractivity contribution is 0.305. The van der Waals surface area contributed by atoms with Crippen molar-refractivity contribution in [2.45, 2.75) is 20.5 Å². The molecule has 0 spiro atoms. The third-order valence-corrected chi connectivity index (χ3v) is 3.68. The lowest BCUT2D eigenvalue weighted by Gasteiger charge is -2.09. The molecule has 0 saturated heterocycles. The molecule has 0 aliphatic heterocycles. The zero-order valence-corrected chi connectivity index (χ0v) is 13.8. The number of aromatic nitrogens is 2. The number of nitrogens with two attached hydrogens (primary N) is 1. The van der Waals surface area contributed by atoms with Gasteiger partial charge < -0.3 is 10.5 Å². The molecule has 0 unspecified atom stereocenters. The van der Waals surface area contributed by atoms with Crippen molar-refractivity contribution in [2.75, 3.05) is 5.73 Å². The number of hydrogen-bond donors (Lipinski definition) is 1. The average molecular weight is 320 g/mol. The van der Waals surface area contributed by atoms with Crippen LogP contribution in [-0.2, 0) is 6.61 Å². The van der Waals surface area contributed by atoms with Crippen LogP contribution in [0.3, 0.4) is 0 Å². The maximum absolute atomic E-state index is 5.89. The molecule has 5 heteroatoms. The van der Waals surface area contributed by atoms with Gasteiger partial charge in [-0.3, -0.25) is 0 Å². The van der Waals surface area contributed by atoms with E-state index in [1.807, 2.05) is 43.3 Å². The van der Waals surface area contributed by atoms with E-state index in [9.17, 15) is 0 Å². The number of nitrogen functional groups attached to an aromatic ring is 1. The van der Waals surface area contributed by atoms with E-state index < -0.39 is 0 Å². The molecule has 0 aliphatic carbocycles. The van der Waals surface area contributed by atoms with Gasteiger partial charge in [0.05, 0.1) is 18.1 Å². The first-order chi connectivity index (χ1) is 11.6. The van der Waals surface area contributed by atoms with Crippen LogP contribution in [-0.4, -0.2) is 15.9 Å². The minimum atomic E-state index is 0.371. The van der Waals surface area contributed by atoms with Crippen molar-refractivity contribution < 1.29 is 4.74 Å². The molecule has 0 aliphatic rings. The minimum Gasteiger partial charge on any atom is -0.489 e. The summed E-state index contributed by atoms with van der Waals surface area (Å²) in [7, 11) is 0. The number of benzene rings is 2. The van der Waals surface area contributed by atoms with E-state index in [1.54, 1.807) is 17.1 Å². The summed E-state index contributed by atoms with van der Waals surface area (Å²) < 4.78 is 7.44. The van der Waals surface area contributed by atoms with Gasteiger partial charge >= 0.3 is 0 Å². The Morgan fingerprint density at radius 1 is 1.17 bits per heavy atom. The quantitative estimate of drug-likeness (QED) is 0.731. The van der Waals surface area contributed by atoms with Crippen molar-refractivity contribution in [1.29, 1.82) is 0 Å². The molecule has 3 aromatic rings. The molecule has 24 heavy (non-hydrogen) atoms. The number of nitrogens with zero attached hydrogens (tertiary/aromatic N) is 3. The normalized spacial score (nSPS) is 11.1. The third kappa shape index (κ3) is 3.81. The second-order valence-electron chi connectivity index (χ2n) is 5.62. The molecule has 0 radical (unpaired) electrons. The minimum absolute atomic E-state index is 0.371. The van der Waals surface area contributed by atoms with E-state index >= 15 is 0 Å². The Labute approximate surface area is 141 Å². The number of hydrogen-bond acceptors (Lipinski definition) is 4. The summed E-state index contributed by atoms with van der Waals surface area (Å²) in [6, 6.07) is 16.0. The van der Waals surface area contributed by atoms with E-state index in [0.29, 0.717) is 12.6 Å². The standard InChI is InChI=1S/C19H20N4O/c1-14-6-3-4-8-17(14)13-24-18-9-5-7-16(10-18)11-21-23-12-15(2)22-19(23)20/h3-12H,13H2,1-2H3,(H2,20,22). The highest BCUT2D eigenvalue weighted by Crippen LogP contribution is 2.16. The SMILES string of the molecule is Cc1cn(N=Cc2cccc(OCc3ccccc3C)c2)c(N)n1. The van der Waals surface area contributed by atoms with Crippen LogP contribution < -0.4 is 10.5 Å². The van der Waals surface area contributed by atoms with Crippen LogP contribution in [0.5, 0.6) is 5.75 Å². The van der Waals surface area contributed by atoms with Gasteiger partial charge in [-0.05, 0) is 42.7 Å². The molecule has 5 nitrogen and oxygen atoms in total. The van der Waals surface area contributed by atoms with Gasteiger partial charge in [0.2, 0.25) is 5.95 Å². The van der Waals surface area contributed by atoms with Crippen LogP contribution in [0, 0.1) is 13.8 Å². The summed E-state index contributed by atoms with van der Waals surface area (Å²) in [5.41, 5.74) is 9.94. The number of ether oxygens (including phenoxy) is 1. The molecule has 3 rings (SSSR count). The Balaban J connectivity index is 1.70. The third-order valence-electron chi connectivity index (χ3n) is 3.68. The maximum atomic E-state index is 5.89. The molecule has 1 aromatic heterocycles. The molecule has 0 atom stereocenters. The molecule has 0 amide bonds. The number of imidazole rings is 1. The lowest BCUT2D eigenvalue weighted by Crippen LogP contribution is -1.99. The fraction of sp³-hybridized carbons (Fsp3) is 0.158. The summed E-state index contributed by atoms with van der Waals surface area (Å²) in [4.78, 5) is 4.11. The van der Waals surface area contributed by atoms with Gasteiger partial charge in [0.1, 0.15) is 12.4 Å². The number of rotatable bonds is 5. The Kier molecular flexibility index (Phi) is 4.61. The number of anilines is 1. The average Bonchev–Trinajstić information content (AvgIpc) is 2.90.